The molecule has 0 aromatic rings. The van der Waals surface area contributed by atoms with E-state index in [1.54, 1.807) is 4.90 Å². The molecule has 7 atom stereocenters. The summed E-state index contributed by atoms with van der Waals surface area (Å²) in [4.78, 5) is 53.7. The van der Waals surface area contributed by atoms with Gasteiger partial charge < -0.3 is 59.0 Å². The summed E-state index contributed by atoms with van der Waals surface area (Å²) in [5.74, 6) is -1.03. The lowest BCUT2D eigenvalue weighted by molar-refractivity contribution is -0.301. The third-order valence-corrected chi connectivity index (χ3v) is 8.03. The molecular formula is C31H54N2O14. The average Bonchev–Trinajstić information content (AvgIpc) is 3.06. The Hall–Kier alpha value is -2.28. The Bertz CT molecular complexity index is 925. The van der Waals surface area contributed by atoms with Gasteiger partial charge in [-0.15, -0.1) is 0 Å². The molecule has 2 heterocycles. The van der Waals surface area contributed by atoms with Crippen LogP contribution in [0.3, 0.4) is 0 Å². The van der Waals surface area contributed by atoms with Crippen molar-refractivity contribution in [2.45, 2.75) is 127 Å². The molecule has 5 N–H and O–H groups in total. The van der Waals surface area contributed by atoms with Crippen LogP contribution in [0, 0.1) is 0 Å². The molecule has 2 aliphatic heterocycles. The number of hydrogen-bond acceptors (Lipinski definition) is 14. The molecule has 2 fully saturated rings. The highest BCUT2D eigenvalue weighted by atomic mass is 16.7. The molecule has 16 heteroatoms. The van der Waals surface area contributed by atoms with Crippen molar-refractivity contribution in [3.63, 3.8) is 0 Å². The molecule has 16 nitrogen and oxygen atoms in total. The molecule has 2 rings (SSSR count). The number of aldehydes is 1. The van der Waals surface area contributed by atoms with Gasteiger partial charge in [0.05, 0.1) is 19.8 Å². The van der Waals surface area contributed by atoms with E-state index < -0.39 is 61.6 Å². The molecular weight excluding hydrogens is 624 g/mol. The van der Waals surface area contributed by atoms with E-state index in [-0.39, 0.29) is 44.9 Å². The van der Waals surface area contributed by atoms with Crippen LogP contribution in [0.1, 0.15) is 83.5 Å². The number of unbranched alkanes of at least 4 members (excludes halogenated alkanes) is 5. The minimum absolute atomic E-state index is 0.0131. The maximum atomic E-state index is 13.1. The number of rotatable bonds is 22. The first-order chi connectivity index (χ1) is 22.6. The summed E-state index contributed by atoms with van der Waals surface area (Å²) in [6.07, 6.45) is -0.845. The molecule has 47 heavy (non-hydrogen) atoms. The Morgan fingerprint density at radius 3 is 2.17 bits per heavy atom. The Morgan fingerprint density at radius 1 is 0.809 bits per heavy atom. The fourth-order valence-corrected chi connectivity index (χ4v) is 5.20. The molecule has 0 spiro atoms. The summed E-state index contributed by atoms with van der Waals surface area (Å²) in [5.41, 5.74) is 0. The minimum atomic E-state index is -1.54. The SMILES string of the molecule is CN(OC(=O)CCCCCCCCC(=O)N(CCCO[C@H]1OC(CO)[C@@H](O)C(O)C1O)CCOC1OCCCC1O)C(=O)CCC=O. The Kier molecular flexibility index (Phi) is 20.1. The number of aliphatic hydroxyl groups excluding tert-OH is 5. The van der Waals surface area contributed by atoms with Crippen LogP contribution in [-0.2, 0) is 43.0 Å². The predicted molar refractivity (Wildman–Crippen MR) is 163 cm³/mol. The van der Waals surface area contributed by atoms with Gasteiger partial charge in [0.25, 0.3) is 5.91 Å². The molecule has 0 aliphatic carbocycles. The number of amides is 2. The summed E-state index contributed by atoms with van der Waals surface area (Å²) in [7, 11) is 1.34. The van der Waals surface area contributed by atoms with Crippen LogP contribution < -0.4 is 0 Å². The fourth-order valence-electron chi connectivity index (χ4n) is 5.20. The summed E-state index contributed by atoms with van der Waals surface area (Å²) < 4.78 is 22.1. The van der Waals surface area contributed by atoms with Crippen molar-refractivity contribution >= 4 is 24.1 Å². The number of ether oxygens (including phenoxy) is 4. The van der Waals surface area contributed by atoms with Gasteiger partial charge in [0.1, 0.15) is 36.8 Å². The maximum Gasteiger partial charge on any atom is 0.332 e. The Balaban J connectivity index is 1.70. The summed E-state index contributed by atoms with van der Waals surface area (Å²) in [5, 5.41) is 50.4. The second kappa shape index (κ2) is 23.1. The molecule has 0 aromatic carbocycles. The van der Waals surface area contributed by atoms with Crippen molar-refractivity contribution in [1.82, 2.24) is 9.96 Å². The molecule has 0 bridgehead atoms. The molecule has 2 aliphatic rings. The zero-order valence-corrected chi connectivity index (χ0v) is 27.4. The molecule has 272 valence electrons. The average molecular weight is 679 g/mol. The molecule has 0 aromatic heterocycles. The van der Waals surface area contributed by atoms with E-state index in [1.165, 1.54) is 7.05 Å². The molecule has 2 saturated heterocycles. The highest BCUT2D eigenvalue weighted by Crippen LogP contribution is 2.22. The van der Waals surface area contributed by atoms with E-state index in [9.17, 15) is 44.7 Å². The van der Waals surface area contributed by atoms with Gasteiger partial charge in [-0.2, -0.15) is 5.06 Å². The van der Waals surface area contributed by atoms with Crippen LogP contribution in [-0.4, -0.2) is 149 Å². The van der Waals surface area contributed by atoms with Gasteiger partial charge in [-0.05, 0) is 32.1 Å². The van der Waals surface area contributed by atoms with E-state index >= 15 is 0 Å². The third-order valence-electron chi connectivity index (χ3n) is 8.03. The zero-order valence-electron chi connectivity index (χ0n) is 27.4. The van der Waals surface area contributed by atoms with E-state index in [2.05, 4.69) is 0 Å². The lowest BCUT2D eigenvalue weighted by Gasteiger charge is -2.39. The predicted octanol–water partition coefficient (Wildman–Crippen LogP) is -0.448. The molecule has 0 saturated carbocycles. The first-order valence-corrected chi connectivity index (χ1v) is 16.6. The van der Waals surface area contributed by atoms with E-state index in [0.717, 1.165) is 37.2 Å². The van der Waals surface area contributed by atoms with E-state index in [4.69, 9.17) is 23.8 Å². The van der Waals surface area contributed by atoms with Crippen molar-refractivity contribution in [2.75, 3.05) is 46.6 Å². The van der Waals surface area contributed by atoms with Crippen molar-refractivity contribution in [2.24, 2.45) is 0 Å². The van der Waals surface area contributed by atoms with Crippen LogP contribution in [0.25, 0.3) is 0 Å². The van der Waals surface area contributed by atoms with Gasteiger partial charge in [-0.1, -0.05) is 25.7 Å². The first kappa shape index (κ1) is 40.9. The zero-order chi connectivity index (χ0) is 34.6. The lowest BCUT2D eigenvalue weighted by Crippen LogP contribution is -2.59. The summed E-state index contributed by atoms with van der Waals surface area (Å²) in [6.45, 7) is 0.726. The Labute approximate surface area is 275 Å². The van der Waals surface area contributed by atoms with Crippen LogP contribution >= 0.6 is 0 Å². The van der Waals surface area contributed by atoms with Crippen LogP contribution in [0.15, 0.2) is 0 Å². The third kappa shape index (κ3) is 15.2. The van der Waals surface area contributed by atoms with Crippen molar-refractivity contribution < 1.29 is 68.5 Å². The number of nitrogens with zero attached hydrogens (tertiary/aromatic N) is 2. The van der Waals surface area contributed by atoms with Gasteiger partial charge in [-0.3, -0.25) is 9.59 Å². The fraction of sp³-hybridized carbons (Fsp3) is 0.871. The van der Waals surface area contributed by atoms with Crippen LogP contribution in [0.5, 0.6) is 0 Å². The van der Waals surface area contributed by atoms with Gasteiger partial charge in [0.15, 0.2) is 12.6 Å². The van der Waals surface area contributed by atoms with E-state index in [1.807, 2.05) is 0 Å². The van der Waals surface area contributed by atoms with Crippen LogP contribution in [0.4, 0.5) is 0 Å². The van der Waals surface area contributed by atoms with E-state index in [0.29, 0.717) is 51.5 Å². The van der Waals surface area contributed by atoms with Gasteiger partial charge in [0, 0.05) is 52.4 Å². The number of hydroxylamine groups is 2. The number of carbonyl (C=O) groups is 4. The summed E-state index contributed by atoms with van der Waals surface area (Å²) >= 11 is 0. The van der Waals surface area contributed by atoms with Crippen molar-refractivity contribution in [3.8, 4) is 0 Å². The Morgan fingerprint density at radius 2 is 1.49 bits per heavy atom. The monoisotopic (exact) mass is 678 g/mol. The lowest BCUT2D eigenvalue weighted by atomic mass is 9.99. The normalized spacial score (nSPS) is 26.0. The maximum absolute atomic E-state index is 13.1. The first-order valence-electron chi connectivity index (χ1n) is 16.6. The number of carbonyl (C=O) groups excluding carboxylic acids is 4. The number of hydrogen-bond donors (Lipinski definition) is 5. The van der Waals surface area contributed by atoms with Crippen molar-refractivity contribution in [3.05, 3.63) is 0 Å². The second-order valence-corrected chi connectivity index (χ2v) is 11.8. The highest BCUT2D eigenvalue weighted by Gasteiger charge is 2.44. The topological polar surface area (TPSA) is 222 Å². The number of aliphatic hydroxyl groups is 5. The smallest absolute Gasteiger partial charge is 0.332 e. The quantitative estimate of drug-likeness (QED) is 0.0556. The van der Waals surface area contributed by atoms with Gasteiger partial charge in [0.2, 0.25) is 5.91 Å². The molecule has 2 amide bonds. The molecule has 5 unspecified atom stereocenters. The standard InChI is InChI=1S/C31H54N2O14/c1-32(24(37)13-8-17-34)47-26(39)14-7-5-3-2-4-6-12-25(38)33(16-20-45-30-22(36)11-9-18-43-30)15-10-19-44-31-29(42)28(41)27(40)23(21-35)46-31/h17,22-23,27-31,35-36,40-42H,2-16,18-21H2,1H3/t22?,23?,27-,28?,29?,30?,31+/m1/s1. The largest absolute Gasteiger partial charge is 0.394 e. The minimum Gasteiger partial charge on any atom is -0.394 e. The van der Waals surface area contributed by atoms with Gasteiger partial charge in [-0.25, -0.2) is 4.79 Å². The van der Waals surface area contributed by atoms with Crippen molar-refractivity contribution in [1.29, 1.82) is 0 Å². The van der Waals surface area contributed by atoms with Gasteiger partial charge >= 0.3 is 5.97 Å². The molecule has 0 radical (unpaired) electrons. The highest BCUT2D eigenvalue weighted by molar-refractivity contribution is 5.79. The van der Waals surface area contributed by atoms with Crippen LogP contribution in [0.2, 0.25) is 0 Å². The second-order valence-electron chi connectivity index (χ2n) is 11.8. The summed E-state index contributed by atoms with van der Waals surface area (Å²) in [6, 6.07) is 0.